The third-order valence-corrected chi connectivity index (χ3v) is 3.37. The predicted octanol–water partition coefficient (Wildman–Crippen LogP) is 2.81. The number of esters is 1. The van der Waals surface area contributed by atoms with Gasteiger partial charge in [0.15, 0.2) is 0 Å². The van der Waals surface area contributed by atoms with E-state index in [9.17, 15) is 9.59 Å². The number of ether oxygens (including phenoxy) is 1. The Balaban J connectivity index is 1.77. The van der Waals surface area contributed by atoms with Crippen LogP contribution in [0.25, 0.3) is 0 Å². The molecule has 0 spiro atoms. The summed E-state index contributed by atoms with van der Waals surface area (Å²) in [6, 6.07) is 17.4. The average Bonchev–Trinajstić information content (AvgIpc) is 2.61. The molecule has 0 bridgehead atoms. The van der Waals surface area contributed by atoms with E-state index in [-0.39, 0.29) is 30.9 Å². The summed E-state index contributed by atoms with van der Waals surface area (Å²) in [7, 11) is 0. The van der Waals surface area contributed by atoms with Gasteiger partial charge in [-0.15, -0.1) is 0 Å². The van der Waals surface area contributed by atoms with Crippen molar-refractivity contribution in [1.29, 1.82) is 5.26 Å². The van der Waals surface area contributed by atoms with Gasteiger partial charge < -0.3 is 10.1 Å². The van der Waals surface area contributed by atoms with Crippen molar-refractivity contribution in [1.82, 2.24) is 5.32 Å². The summed E-state index contributed by atoms with van der Waals surface area (Å²) in [4.78, 5) is 23.8. The summed E-state index contributed by atoms with van der Waals surface area (Å²) >= 11 is 0. The Hall–Kier alpha value is -3.13. The van der Waals surface area contributed by atoms with Crippen LogP contribution in [0.1, 0.15) is 34.8 Å². The van der Waals surface area contributed by atoms with Crippen LogP contribution in [-0.4, -0.2) is 17.9 Å². The Morgan fingerprint density at radius 3 is 2.42 bits per heavy atom. The van der Waals surface area contributed by atoms with Gasteiger partial charge in [-0.3, -0.25) is 9.59 Å². The van der Waals surface area contributed by atoms with Gasteiger partial charge in [-0.2, -0.15) is 5.26 Å². The van der Waals surface area contributed by atoms with Crippen LogP contribution in [0.4, 0.5) is 0 Å². The van der Waals surface area contributed by atoms with Crippen LogP contribution in [0.2, 0.25) is 0 Å². The number of rotatable bonds is 6. The van der Waals surface area contributed by atoms with Gasteiger partial charge in [0.2, 0.25) is 0 Å². The highest BCUT2D eigenvalue weighted by atomic mass is 16.5. The van der Waals surface area contributed by atoms with Crippen LogP contribution >= 0.6 is 0 Å². The van der Waals surface area contributed by atoms with Gasteiger partial charge in [-0.25, -0.2) is 0 Å². The molecule has 0 aliphatic carbocycles. The van der Waals surface area contributed by atoms with Crippen LogP contribution in [0.15, 0.2) is 54.6 Å². The monoisotopic (exact) mass is 322 g/mol. The van der Waals surface area contributed by atoms with Gasteiger partial charge in [0, 0.05) is 11.6 Å². The zero-order chi connectivity index (χ0) is 17.4. The largest absolute Gasteiger partial charge is 0.461 e. The normalized spacial score (nSPS) is 11.2. The Morgan fingerprint density at radius 1 is 1.12 bits per heavy atom. The molecule has 122 valence electrons. The molecule has 5 heteroatoms. The quantitative estimate of drug-likeness (QED) is 0.829. The van der Waals surface area contributed by atoms with Crippen molar-refractivity contribution in [2.45, 2.75) is 26.0 Å². The lowest BCUT2D eigenvalue weighted by Crippen LogP contribution is -2.34. The van der Waals surface area contributed by atoms with Gasteiger partial charge >= 0.3 is 5.97 Å². The van der Waals surface area contributed by atoms with Crippen molar-refractivity contribution in [2.24, 2.45) is 0 Å². The molecule has 2 rings (SSSR count). The van der Waals surface area contributed by atoms with E-state index in [1.54, 1.807) is 55.5 Å². The van der Waals surface area contributed by atoms with Crippen molar-refractivity contribution in [3.05, 3.63) is 71.3 Å². The highest BCUT2D eigenvalue weighted by Crippen LogP contribution is 2.06. The summed E-state index contributed by atoms with van der Waals surface area (Å²) < 4.78 is 5.19. The van der Waals surface area contributed by atoms with E-state index in [0.29, 0.717) is 11.1 Å². The molecule has 2 aromatic carbocycles. The number of amides is 1. The number of hydrogen-bond acceptors (Lipinski definition) is 4. The van der Waals surface area contributed by atoms with Crippen LogP contribution in [0.5, 0.6) is 0 Å². The van der Waals surface area contributed by atoms with Crippen LogP contribution < -0.4 is 5.32 Å². The van der Waals surface area contributed by atoms with E-state index >= 15 is 0 Å². The average molecular weight is 322 g/mol. The molecule has 0 saturated heterocycles. The molecule has 0 radical (unpaired) electrons. The minimum absolute atomic E-state index is 0.0921. The van der Waals surface area contributed by atoms with Gasteiger partial charge in [0.05, 0.1) is 18.1 Å². The van der Waals surface area contributed by atoms with E-state index in [2.05, 4.69) is 5.32 Å². The zero-order valence-corrected chi connectivity index (χ0v) is 13.4. The van der Waals surface area contributed by atoms with E-state index < -0.39 is 0 Å². The van der Waals surface area contributed by atoms with Crippen molar-refractivity contribution in [3.63, 3.8) is 0 Å². The lowest BCUT2D eigenvalue weighted by Gasteiger charge is -2.13. The summed E-state index contributed by atoms with van der Waals surface area (Å²) in [5.74, 6) is -0.608. The fourth-order valence-electron chi connectivity index (χ4n) is 2.10. The van der Waals surface area contributed by atoms with E-state index in [0.717, 1.165) is 5.56 Å². The third-order valence-electron chi connectivity index (χ3n) is 3.37. The molecule has 1 N–H and O–H groups in total. The molecule has 0 aliphatic heterocycles. The first kappa shape index (κ1) is 17.2. The second-order valence-corrected chi connectivity index (χ2v) is 5.41. The molecule has 1 amide bonds. The molecule has 1 unspecified atom stereocenters. The molecule has 0 saturated carbocycles. The van der Waals surface area contributed by atoms with Gasteiger partial charge in [0.1, 0.15) is 6.61 Å². The summed E-state index contributed by atoms with van der Waals surface area (Å²) in [5, 5.41) is 11.5. The Bertz CT molecular complexity index is 733. The first-order valence-electron chi connectivity index (χ1n) is 7.59. The number of nitriles is 1. The Morgan fingerprint density at radius 2 is 1.79 bits per heavy atom. The molecule has 0 aliphatic rings. The molecular weight excluding hydrogens is 304 g/mol. The van der Waals surface area contributed by atoms with Crippen molar-refractivity contribution in [3.8, 4) is 6.07 Å². The maximum atomic E-state index is 12.0. The topological polar surface area (TPSA) is 79.2 Å². The maximum absolute atomic E-state index is 12.0. The first-order valence-corrected chi connectivity index (χ1v) is 7.59. The number of carbonyl (C=O) groups excluding carboxylic acids is 2. The smallest absolute Gasteiger partial charge is 0.308 e. The van der Waals surface area contributed by atoms with Crippen LogP contribution in [0.3, 0.4) is 0 Å². The SMILES string of the molecule is CC(CC(=O)OCc1ccc(C#N)cc1)NC(=O)c1ccccc1. The minimum Gasteiger partial charge on any atom is -0.461 e. The number of carbonyl (C=O) groups is 2. The van der Waals surface area contributed by atoms with Crippen molar-refractivity contribution >= 4 is 11.9 Å². The van der Waals surface area contributed by atoms with Crippen LogP contribution in [0, 0.1) is 11.3 Å². The molecule has 5 nitrogen and oxygen atoms in total. The summed E-state index contributed by atoms with van der Waals surface area (Å²) in [6.07, 6.45) is 0.0921. The molecule has 2 aromatic rings. The maximum Gasteiger partial charge on any atom is 0.308 e. The van der Waals surface area contributed by atoms with Crippen molar-refractivity contribution < 1.29 is 14.3 Å². The summed E-state index contributed by atoms with van der Waals surface area (Å²) in [6.45, 7) is 1.90. The number of nitrogens with one attached hydrogen (secondary N) is 1. The summed E-state index contributed by atoms with van der Waals surface area (Å²) in [5.41, 5.74) is 1.92. The van der Waals surface area contributed by atoms with Crippen molar-refractivity contribution in [2.75, 3.05) is 0 Å². The lowest BCUT2D eigenvalue weighted by atomic mass is 10.1. The predicted molar refractivity (Wildman–Crippen MR) is 88.9 cm³/mol. The molecule has 1 atom stereocenters. The van der Waals surface area contributed by atoms with Crippen LogP contribution in [-0.2, 0) is 16.1 Å². The number of benzene rings is 2. The molecule has 0 fully saturated rings. The van der Waals surface area contributed by atoms with Gasteiger partial charge in [-0.1, -0.05) is 30.3 Å². The standard InChI is InChI=1S/C19H18N2O3/c1-14(21-19(23)17-5-3-2-4-6-17)11-18(22)24-13-16-9-7-15(12-20)8-10-16/h2-10,14H,11,13H2,1H3,(H,21,23). The minimum atomic E-state index is -0.389. The Labute approximate surface area is 140 Å². The molecule has 24 heavy (non-hydrogen) atoms. The van der Waals surface area contributed by atoms with E-state index in [4.69, 9.17) is 10.00 Å². The molecule has 0 aromatic heterocycles. The van der Waals surface area contributed by atoms with E-state index in [1.165, 1.54) is 0 Å². The zero-order valence-electron chi connectivity index (χ0n) is 13.4. The lowest BCUT2D eigenvalue weighted by molar-refractivity contribution is -0.145. The fraction of sp³-hybridized carbons (Fsp3) is 0.211. The van der Waals surface area contributed by atoms with Gasteiger partial charge in [0.25, 0.3) is 5.91 Å². The fourth-order valence-corrected chi connectivity index (χ4v) is 2.10. The number of nitrogens with zero attached hydrogens (tertiary/aromatic N) is 1. The first-order chi connectivity index (χ1) is 11.6. The second kappa shape index (κ2) is 8.49. The molecular formula is C19H18N2O3. The second-order valence-electron chi connectivity index (χ2n) is 5.41. The molecule has 0 heterocycles. The van der Waals surface area contributed by atoms with Gasteiger partial charge in [-0.05, 0) is 36.8 Å². The van der Waals surface area contributed by atoms with E-state index in [1.807, 2.05) is 12.1 Å². The number of hydrogen-bond donors (Lipinski definition) is 1. The Kier molecular flexibility index (Phi) is 6.09. The highest BCUT2D eigenvalue weighted by Gasteiger charge is 2.14. The highest BCUT2D eigenvalue weighted by molar-refractivity contribution is 5.94. The third kappa shape index (κ3) is 5.25.